The fraction of sp³-hybridized carbons (Fsp3) is 0.333. The largest absolute Gasteiger partial charge is 0.546 e. The van der Waals surface area contributed by atoms with E-state index >= 15 is 0 Å². The van der Waals surface area contributed by atoms with Gasteiger partial charge in [0.1, 0.15) is 4.90 Å². The first-order valence-corrected chi connectivity index (χ1v) is 12.8. The molecule has 33 heavy (non-hydrogen) atoms. The summed E-state index contributed by atoms with van der Waals surface area (Å²) in [7, 11) is -1.36. The summed E-state index contributed by atoms with van der Waals surface area (Å²) in [6.45, 7) is 6.16. The predicted molar refractivity (Wildman–Crippen MR) is 130 cm³/mol. The Bertz CT molecular complexity index is 1240. The Labute approximate surface area is 201 Å². The topological polar surface area (TPSA) is 131 Å². The number of nitrogens with one attached hydrogen (secondary N) is 2. The van der Waals surface area contributed by atoms with Crippen LogP contribution < -0.4 is 10.6 Å². The lowest BCUT2D eigenvalue weighted by molar-refractivity contribution is 0.347. The predicted octanol–water partition coefficient (Wildman–Crippen LogP) is 4.76. The van der Waals surface area contributed by atoms with Crippen molar-refractivity contribution in [3.8, 4) is 5.75 Å². The summed E-state index contributed by atoms with van der Waals surface area (Å²) in [6, 6.07) is 12.3. The molecule has 12 heteroatoms. The van der Waals surface area contributed by atoms with Gasteiger partial charge in [0.25, 0.3) is 0 Å². The highest BCUT2D eigenvalue weighted by atomic mass is 35.5. The number of aromatic hydroxyl groups is 1. The minimum absolute atomic E-state index is 0.0268. The molecule has 2 aromatic carbocycles. The van der Waals surface area contributed by atoms with Crippen molar-refractivity contribution >= 4 is 50.1 Å². The summed E-state index contributed by atoms with van der Waals surface area (Å²) in [5.41, 5.74) is 0.784. The first-order valence-electron chi connectivity index (χ1n) is 9.94. The molecule has 0 spiro atoms. The average molecular weight is 512 g/mol. The highest BCUT2D eigenvalue weighted by molar-refractivity contribution is 7.89. The highest BCUT2D eigenvalue weighted by Crippen LogP contribution is 2.42. The molecule has 0 fully saturated rings. The van der Waals surface area contributed by atoms with Crippen molar-refractivity contribution in [3.63, 3.8) is 0 Å². The summed E-state index contributed by atoms with van der Waals surface area (Å²) in [4.78, 5) is -0.442. The molecular weight excluding hydrogens is 486 g/mol. The number of benzene rings is 2. The van der Waals surface area contributed by atoms with Gasteiger partial charge in [-0.15, -0.1) is 0 Å². The molecule has 3 N–H and O–H groups in total. The third kappa shape index (κ3) is 5.39. The lowest BCUT2D eigenvalue weighted by Crippen LogP contribution is -2.26. The summed E-state index contributed by atoms with van der Waals surface area (Å²) in [5.74, 6) is -0.251. The Morgan fingerprint density at radius 1 is 1.09 bits per heavy atom. The van der Waals surface area contributed by atoms with Gasteiger partial charge in [-0.2, -0.15) is 0 Å². The Hall–Kier alpha value is -2.44. The van der Waals surface area contributed by atoms with Crippen LogP contribution in [0.3, 0.4) is 0 Å². The van der Waals surface area contributed by atoms with E-state index in [2.05, 4.69) is 40.2 Å². The lowest BCUT2D eigenvalue weighted by atomic mass is 9.82. The first kappa shape index (κ1) is 25.2. The number of phenolic OH excluding ortho intramolecular Hbond substituents is 1. The maximum absolute atomic E-state index is 12.6. The molecule has 1 heterocycles. The second kappa shape index (κ2) is 9.43. The van der Waals surface area contributed by atoms with Crippen LogP contribution in [0.15, 0.2) is 47.4 Å². The number of hydrogen-bond acceptors (Lipinski definition) is 8. The monoisotopic (exact) mass is 511 g/mol. The molecule has 0 saturated heterocycles. The number of phenols is 1. The molecule has 0 aliphatic rings. The van der Waals surface area contributed by atoms with Crippen molar-refractivity contribution in [1.29, 1.82) is 0 Å². The molecular formula is C21H26ClN5O4S2. The van der Waals surface area contributed by atoms with Crippen LogP contribution >= 0.6 is 22.7 Å². The molecule has 1 aromatic heterocycles. The molecule has 178 valence electrons. The Balaban J connectivity index is 2.02. The summed E-state index contributed by atoms with van der Waals surface area (Å²) >= 11 is 4.20. The number of anilines is 3. The average Bonchev–Trinajstić information content (AvgIpc) is 3.06. The summed E-state index contributed by atoms with van der Waals surface area (Å²) in [6.07, 6.45) is 0. The Morgan fingerprint density at radius 2 is 1.70 bits per heavy atom. The highest BCUT2D eigenvalue weighted by Gasteiger charge is 2.31. The molecule has 0 aliphatic carbocycles. The fourth-order valence-corrected chi connectivity index (χ4v) is 5.33. The van der Waals surface area contributed by atoms with E-state index in [-0.39, 0.29) is 33.8 Å². The zero-order chi connectivity index (χ0) is 24.6. The van der Waals surface area contributed by atoms with E-state index in [4.69, 9.17) is 11.6 Å². The van der Waals surface area contributed by atoms with Gasteiger partial charge in [-0.3, -0.25) is 0 Å². The molecule has 0 aliphatic heterocycles. The van der Waals surface area contributed by atoms with Gasteiger partial charge in [0.2, 0.25) is 21.7 Å². The molecule has 1 unspecified atom stereocenters. The van der Waals surface area contributed by atoms with E-state index in [1.165, 1.54) is 26.2 Å². The molecule has 0 bridgehead atoms. The molecule has 3 aromatic rings. The van der Waals surface area contributed by atoms with Crippen LogP contribution in [0.4, 0.5) is 17.3 Å². The standard InChI is InChI=1S/C21H26ClN5O4S2/c1-21(2,3)18(13-9-7-6-8-10-13)24-20-19(25-32(29)26-20)23-15-12-11-14(22)17(16(15)28)33(30,31)27(4)5/h6-12,18,28H,1-5H3,(H,23,25)(H,24,26)/t18-,32?/m0/s1. The van der Waals surface area contributed by atoms with Gasteiger partial charge in [-0.25, -0.2) is 12.7 Å². The van der Waals surface area contributed by atoms with Crippen molar-refractivity contribution in [2.24, 2.45) is 5.41 Å². The molecule has 0 saturated carbocycles. The molecule has 0 amide bonds. The number of hydrogen-bond donors (Lipinski definition) is 3. The Kier molecular flexibility index (Phi) is 7.20. The Morgan fingerprint density at radius 3 is 2.27 bits per heavy atom. The van der Waals surface area contributed by atoms with Gasteiger partial charge in [-0.05, 0) is 23.1 Å². The van der Waals surface area contributed by atoms with Gasteiger partial charge in [0.15, 0.2) is 16.9 Å². The third-order valence-corrected chi connectivity index (χ3v) is 7.91. The smallest absolute Gasteiger partial charge is 0.247 e. The van der Waals surface area contributed by atoms with Crippen LogP contribution in [0, 0.1) is 5.41 Å². The maximum Gasteiger partial charge on any atom is 0.247 e. The first-order chi connectivity index (χ1) is 15.3. The van der Waals surface area contributed by atoms with Crippen LogP contribution in [0.25, 0.3) is 0 Å². The van der Waals surface area contributed by atoms with Crippen LogP contribution in [-0.2, 0) is 10.0 Å². The van der Waals surface area contributed by atoms with Crippen LogP contribution in [0.2, 0.25) is 5.02 Å². The summed E-state index contributed by atoms with van der Waals surface area (Å²) < 4.78 is 46.4. The van der Waals surface area contributed by atoms with E-state index < -0.39 is 31.8 Å². The minimum atomic E-state index is -4.03. The molecule has 9 nitrogen and oxygen atoms in total. The van der Waals surface area contributed by atoms with E-state index in [1.54, 1.807) is 0 Å². The number of halogens is 1. The second-order valence-electron chi connectivity index (χ2n) is 8.65. The van der Waals surface area contributed by atoms with Gasteiger partial charge in [-0.1, -0.05) is 62.7 Å². The normalized spacial score (nSPS) is 13.8. The van der Waals surface area contributed by atoms with E-state index in [0.717, 1.165) is 9.87 Å². The van der Waals surface area contributed by atoms with E-state index in [0.29, 0.717) is 0 Å². The lowest BCUT2D eigenvalue weighted by Gasteiger charge is -2.31. The fourth-order valence-electron chi connectivity index (χ4n) is 3.22. The van der Waals surface area contributed by atoms with Crippen molar-refractivity contribution in [3.05, 3.63) is 53.1 Å². The van der Waals surface area contributed by atoms with Gasteiger partial charge >= 0.3 is 0 Å². The minimum Gasteiger partial charge on any atom is -0.546 e. The second-order valence-corrected chi connectivity index (χ2v) is 12.0. The quantitative estimate of drug-likeness (QED) is 0.306. The number of aromatic nitrogens is 2. The van der Waals surface area contributed by atoms with Crippen molar-refractivity contribution < 1.29 is 18.1 Å². The molecule has 3 rings (SSSR count). The van der Waals surface area contributed by atoms with Crippen LogP contribution in [-0.4, -0.2) is 45.2 Å². The SMILES string of the molecule is CN(C)S(=O)(=O)c1c(Cl)ccc(Nc2n[s+]([O-])nc2N[C@@H](c2ccccc2)C(C)(C)C)c1O. The zero-order valence-corrected chi connectivity index (χ0v) is 21.2. The molecule has 2 atom stereocenters. The van der Waals surface area contributed by atoms with Crippen LogP contribution in [0.1, 0.15) is 32.4 Å². The van der Waals surface area contributed by atoms with E-state index in [9.17, 15) is 18.1 Å². The van der Waals surface area contributed by atoms with E-state index in [1.807, 2.05) is 30.3 Å². The number of sulfonamides is 1. The van der Waals surface area contributed by atoms with Crippen molar-refractivity contribution in [2.45, 2.75) is 31.7 Å². The number of rotatable bonds is 7. The van der Waals surface area contributed by atoms with Crippen LogP contribution in [0.5, 0.6) is 5.75 Å². The number of nitrogens with zero attached hydrogens (tertiary/aromatic N) is 3. The van der Waals surface area contributed by atoms with Crippen molar-refractivity contribution in [1.82, 2.24) is 13.1 Å². The summed E-state index contributed by atoms with van der Waals surface area (Å²) in [5, 5.41) is 16.7. The van der Waals surface area contributed by atoms with Crippen molar-refractivity contribution in [2.75, 3.05) is 24.7 Å². The van der Waals surface area contributed by atoms with Gasteiger partial charge in [0.05, 0.1) is 16.8 Å². The third-order valence-electron chi connectivity index (χ3n) is 4.92. The van der Waals surface area contributed by atoms with Gasteiger partial charge in [0, 0.05) is 22.8 Å². The van der Waals surface area contributed by atoms with Gasteiger partial charge < -0.3 is 20.3 Å². The maximum atomic E-state index is 12.6. The molecule has 0 radical (unpaired) electrons. The zero-order valence-electron chi connectivity index (χ0n) is 18.8.